The molecule has 28 heavy (non-hydrogen) atoms. The maximum absolute atomic E-state index is 13.0. The van der Waals surface area contributed by atoms with E-state index in [4.69, 9.17) is 4.42 Å². The van der Waals surface area contributed by atoms with E-state index in [9.17, 15) is 18.8 Å². The third-order valence-corrected chi connectivity index (χ3v) is 4.76. The summed E-state index contributed by atoms with van der Waals surface area (Å²) in [6.07, 6.45) is 1.28. The molecule has 0 saturated carbocycles. The molecule has 2 N–H and O–H groups in total. The Morgan fingerprint density at radius 3 is 2.50 bits per heavy atom. The minimum Gasteiger partial charge on any atom is -0.466 e. The van der Waals surface area contributed by atoms with E-state index in [1.54, 1.807) is 24.8 Å². The summed E-state index contributed by atoms with van der Waals surface area (Å²) in [5, 5.41) is 0. The van der Waals surface area contributed by atoms with Gasteiger partial charge < -0.3 is 9.32 Å². The van der Waals surface area contributed by atoms with E-state index in [1.165, 1.54) is 24.3 Å². The average molecular weight is 387 g/mol. The lowest BCUT2D eigenvalue weighted by Gasteiger charge is -2.32. The van der Waals surface area contributed by atoms with Crippen LogP contribution in [0.25, 0.3) is 0 Å². The Morgan fingerprint density at radius 1 is 1.14 bits per heavy atom. The molecule has 3 rings (SSSR count). The standard InChI is InChI=1S/C20H22FN3O4/c1-12-10-17(13(2)28-12)19(26)23-22-18(25)15-4-3-9-24(11-15)20(27)14-5-7-16(21)8-6-14/h5-8,10,15H,3-4,9,11H2,1-2H3,(H,22,25)(H,23,26). The Hall–Kier alpha value is -3.16. The molecule has 1 aromatic heterocycles. The number of hydrazine groups is 1. The SMILES string of the molecule is Cc1cc(C(=O)NNC(=O)C2CCCN(C(=O)c3ccc(F)cc3)C2)c(C)o1. The van der Waals surface area contributed by atoms with Crippen molar-refractivity contribution in [1.29, 1.82) is 0 Å². The van der Waals surface area contributed by atoms with Crippen molar-refractivity contribution in [3.63, 3.8) is 0 Å². The van der Waals surface area contributed by atoms with Crippen LogP contribution in [-0.2, 0) is 4.79 Å². The van der Waals surface area contributed by atoms with Crippen LogP contribution in [0.3, 0.4) is 0 Å². The van der Waals surface area contributed by atoms with E-state index in [0.29, 0.717) is 42.0 Å². The number of hydrogen-bond donors (Lipinski definition) is 2. The fourth-order valence-corrected chi connectivity index (χ4v) is 3.29. The monoisotopic (exact) mass is 387 g/mol. The predicted molar refractivity (Wildman–Crippen MR) is 98.8 cm³/mol. The van der Waals surface area contributed by atoms with Gasteiger partial charge in [-0.3, -0.25) is 25.2 Å². The van der Waals surface area contributed by atoms with Gasteiger partial charge in [-0.25, -0.2) is 4.39 Å². The Labute approximate surface area is 161 Å². The van der Waals surface area contributed by atoms with E-state index in [0.717, 1.165) is 0 Å². The zero-order valence-electron chi connectivity index (χ0n) is 15.8. The number of benzene rings is 1. The molecule has 8 heteroatoms. The number of nitrogens with zero attached hydrogens (tertiary/aromatic N) is 1. The average Bonchev–Trinajstić information content (AvgIpc) is 3.04. The number of nitrogens with one attached hydrogen (secondary N) is 2. The summed E-state index contributed by atoms with van der Waals surface area (Å²) in [4.78, 5) is 38.7. The second-order valence-electron chi connectivity index (χ2n) is 6.87. The molecule has 1 aliphatic heterocycles. The summed E-state index contributed by atoms with van der Waals surface area (Å²) < 4.78 is 18.3. The van der Waals surface area contributed by atoms with Crippen molar-refractivity contribution in [2.75, 3.05) is 13.1 Å². The lowest BCUT2D eigenvalue weighted by Crippen LogP contribution is -2.50. The molecule has 1 fully saturated rings. The summed E-state index contributed by atoms with van der Waals surface area (Å²) in [5.41, 5.74) is 5.55. The molecule has 2 aromatic rings. The van der Waals surface area contributed by atoms with Gasteiger partial charge >= 0.3 is 0 Å². The Kier molecular flexibility index (Phi) is 5.77. The summed E-state index contributed by atoms with van der Waals surface area (Å²) >= 11 is 0. The van der Waals surface area contributed by atoms with Crippen molar-refractivity contribution < 1.29 is 23.2 Å². The first-order valence-corrected chi connectivity index (χ1v) is 9.07. The molecule has 0 spiro atoms. The van der Waals surface area contributed by atoms with E-state index in [2.05, 4.69) is 10.9 Å². The van der Waals surface area contributed by atoms with Crippen molar-refractivity contribution in [3.8, 4) is 0 Å². The first kappa shape index (κ1) is 19.6. The largest absolute Gasteiger partial charge is 0.466 e. The summed E-state index contributed by atoms with van der Waals surface area (Å²) in [6, 6.07) is 6.92. The normalized spacial score (nSPS) is 16.5. The fourth-order valence-electron chi connectivity index (χ4n) is 3.29. The van der Waals surface area contributed by atoms with E-state index >= 15 is 0 Å². The Balaban J connectivity index is 1.56. The number of piperidine rings is 1. The van der Waals surface area contributed by atoms with E-state index in [1.807, 2.05) is 0 Å². The maximum Gasteiger partial charge on any atom is 0.273 e. The zero-order valence-corrected chi connectivity index (χ0v) is 15.8. The van der Waals surface area contributed by atoms with Crippen molar-refractivity contribution >= 4 is 17.7 Å². The highest BCUT2D eigenvalue weighted by Gasteiger charge is 2.29. The molecule has 1 unspecified atom stereocenters. The highest BCUT2D eigenvalue weighted by molar-refractivity contribution is 5.97. The number of amides is 3. The van der Waals surface area contributed by atoms with Gasteiger partial charge in [0.05, 0.1) is 11.5 Å². The summed E-state index contributed by atoms with van der Waals surface area (Å²) in [5.74, 6) is -0.835. The van der Waals surface area contributed by atoms with Crippen LogP contribution in [0.4, 0.5) is 4.39 Å². The van der Waals surface area contributed by atoms with Crippen LogP contribution in [0.1, 0.15) is 45.1 Å². The van der Waals surface area contributed by atoms with Gasteiger partial charge in [-0.1, -0.05) is 0 Å². The molecule has 1 atom stereocenters. The molecule has 0 aliphatic carbocycles. The molecule has 148 valence electrons. The molecule has 3 amide bonds. The van der Waals surface area contributed by atoms with Crippen molar-refractivity contribution in [2.24, 2.45) is 5.92 Å². The second-order valence-corrected chi connectivity index (χ2v) is 6.87. The molecule has 1 saturated heterocycles. The summed E-state index contributed by atoms with van der Waals surface area (Å²) in [7, 11) is 0. The smallest absolute Gasteiger partial charge is 0.273 e. The molecule has 2 heterocycles. The summed E-state index contributed by atoms with van der Waals surface area (Å²) in [6.45, 7) is 4.17. The minimum absolute atomic E-state index is 0.238. The van der Waals surface area contributed by atoms with Crippen LogP contribution in [0.2, 0.25) is 0 Å². The fraction of sp³-hybridized carbons (Fsp3) is 0.350. The first-order valence-electron chi connectivity index (χ1n) is 9.07. The second kappa shape index (κ2) is 8.24. The van der Waals surface area contributed by atoms with Gasteiger partial charge in [0, 0.05) is 18.7 Å². The van der Waals surface area contributed by atoms with Crippen molar-refractivity contribution in [1.82, 2.24) is 15.8 Å². The predicted octanol–water partition coefficient (Wildman–Crippen LogP) is 2.35. The van der Waals surface area contributed by atoms with Gasteiger partial charge in [0.25, 0.3) is 11.8 Å². The van der Waals surface area contributed by atoms with Gasteiger partial charge in [0.2, 0.25) is 5.91 Å². The van der Waals surface area contributed by atoms with Gasteiger partial charge in [-0.2, -0.15) is 0 Å². The molecule has 7 nitrogen and oxygen atoms in total. The highest BCUT2D eigenvalue weighted by Crippen LogP contribution is 2.19. The van der Waals surface area contributed by atoms with Crippen molar-refractivity contribution in [3.05, 3.63) is 58.8 Å². The topological polar surface area (TPSA) is 91.7 Å². The number of furan rings is 1. The number of rotatable bonds is 3. The van der Waals surface area contributed by atoms with Crippen LogP contribution in [0.15, 0.2) is 34.7 Å². The molecule has 0 bridgehead atoms. The quantitative estimate of drug-likeness (QED) is 0.791. The van der Waals surface area contributed by atoms with Crippen LogP contribution in [0, 0.1) is 25.6 Å². The van der Waals surface area contributed by atoms with Gasteiger partial charge in [0.1, 0.15) is 17.3 Å². The molecular formula is C20H22FN3O4. The van der Waals surface area contributed by atoms with Gasteiger partial charge in [-0.05, 0) is 57.0 Å². The first-order chi connectivity index (χ1) is 13.3. The van der Waals surface area contributed by atoms with Crippen molar-refractivity contribution in [2.45, 2.75) is 26.7 Å². The Bertz CT molecular complexity index is 891. The van der Waals surface area contributed by atoms with Gasteiger partial charge in [0.15, 0.2) is 0 Å². The number of hydrogen-bond acceptors (Lipinski definition) is 4. The van der Waals surface area contributed by atoms with Crippen LogP contribution in [-0.4, -0.2) is 35.7 Å². The zero-order chi connectivity index (χ0) is 20.3. The third-order valence-electron chi connectivity index (χ3n) is 4.76. The van der Waals surface area contributed by atoms with Crippen LogP contribution < -0.4 is 10.9 Å². The number of aryl methyl sites for hydroxylation is 2. The number of carbonyl (C=O) groups is 3. The molecular weight excluding hydrogens is 365 g/mol. The molecule has 1 aliphatic rings. The molecule has 0 radical (unpaired) electrons. The van der Waals surface area contributed by atoms with E-state index in [-0.39, 0.29) is 18.4 Å². The van der Waals surface area contributed by atoms with E-state index < -0.39 is 17.6 Å². The highest BCUT2D eigenvalue weighted by atomic mass is 19.1. The minimum atomic E-state index is -0.460. The van der Waals surface area contributed by atoms with Crippen LogP contribution >= 0.6 is 0 Å². The third kappa shape index (κ3) is 4.39. The lowest BCUT2D eigenvalue weighted by atomic mass is 9.96. The lowest BCUT2D eigenvalue weighted by molar-refractivity contribution is -0.127. The number of likely N-dealkylation sites (tertiary alicyclic amines) is 1. The number of halogens is 1. The van der Waals surface area contributed by atoms with Crippen LogP contribution in [0.5, 0.6) is 0 Å². The van der Waals surface area contributed by atoms with Gasteiger partial charge in [-0.15, -0.1) is 0 Å². The molecule has 1 aromatic carbocycles. The maximum atomic E-state index is 13.0. The number of carbonyl (C=O) groups excluding carboxylic acids is 3. The Morgan fingerprint density at radius 2 is 1.86 bits per heavy atom.